The molecule has 0 aliphatic carbocycles. The molecular formula is C25H21F2N3O3. The predicted molar refractivity (Wildman–Crippen MR) is 119 cm³/mol. The van der Waals surface area contributed by atoms with E-state index < -0.39 is 23.7 Å². The Morgan fingerprint density at radius 2 is 1.73 bits per heavy atom. The molecule has 0 saturated carbocycles. The number of rotatable bonds is 3. The number of para-hydroxylation sites is 1. The molecule has 168 valence electrons. The Hall–Kier alpha value is -3.78. The van der Waals surface area contributed by atoms with Gasteiger partial charge in [-0.05, 0) is 35.9 Å². The van der Waals surface area contributed by atoms with E-state index in [1.807, 2.05) is 18.2 Å². The molecule has 1 fully saturated rings. The third-order valence-corrected chi connectivity index (χ3v) is 6.36. The average Bonchev–Trinajstić information content (AvgIpc) is 2.82. The molecule has 2 heterocycles. The topological polar surface area (TPSA) is 72.9 Å². The molecule has 3 amide bonds. The maximum Gasteiger partial charge on any atom is 0.326 e. The van der Waals surface area contributed by atoms with Crippen molar-refractivity contribution < 1.29 is 23.5 Å². The highest BCUT2D eigenvalue weighted by molar-refractivity contribution is 6.03. The van der Waals surface area contributed by atoms with Gasteiger partial charge in [-0.3, -0.25) is 9.69 Å². The fourth-order valence-corrected chi connectivity index (χ4v) is 4.86. The van der Waals surface area contributed by atoms with E-state index in [0.717, 1.165) is 23.8 Å². The summed E-state index contributed by atoms with van der Waals surface area (Å²) >= 11 is 0. The number of nitrogens with zero attached hydrogens (tertiary/aromatic N) is 2. The summed E-state index contributed by atoms with van der Waals surface area (Å²) in [6, 6.07) is 17.4. The molecule has 0 bridgehead atoms. The number of anilines is 2. The van der Waals surface area contributed by atoms with Gasteiger partial charge in [-0.25, -0.2) is 13.6 Å². The Kier molecular flexibility index (Phi) is 5.30. The SMILES string of the molecule is O=C(Nc1cc(F)ccc1F)N1C[C@@H]2[C@H](c3ccccc31)[C@H](CO)N2C(=O)c1ccccc1. The number of nitrogens with one attached hydrogen (secondary N) is 1. The molecule has 5 rings (SSSR count). The summed E-state index contributed by atoms with van der Waals surface area (Å²) in [7, 11) is 0. The van der Waals surface area contributed by atoms with Crippen molar-refractivity contribution in [1.82, 2.24) is 4.90 Å². The first kappa shape index (κ1) is 21.1. The predicted octanol–water partition coefficient (Wildman–Crippen LogP) is 3.99. The summed E-state index contributed by atoms with van der Waals surface area (Å²) in [6.07, 6.45) is 0. The van der Waals surface area contributed by atoms with Crippen LogP contribution in [0, 0.1) is 11.6 Å². The van der Waals surface area contributed by atoms with Gasteiger partial charge in [-0.2, -0.15) is 0 Å². The van der Waals surface area contributed by atoms with E-state index in [2.05, 4.69) is 5.32 Å². The molecule has 8 heteroatoms. The lowest BCUT2D eigenvalue weighted by Gasteiger charge is -2.58. The molecular weight excluding hydrogens is 428 g/mol. The molecule has 2 aliphatic rings. The number of fused-ring (bicyclic) bond motifs is 3. The van der Waals surface area contributed by atoms with Gasteiger partial charge in [-0.1, -0.05) is 36.4 Å². The van der Waals surface area contributed by atoms with Crippen molar-refractivity contribution in [2.45, 2.75) is 18.0 Å². The van der Waals surface area contributed by atoms with E-state index in [1.54, 1.807) is 41.3 Å². The average molecular weight is 449 g/mol. The minimum Gasteiger partial charge on any atom is -0.394 e. The molecule has 0 unspecified atom stereocenters. The maximum atomic E-state index is 14.1. The van der Waals surface area contributed by atoms with Crippen LogP contribution in [0.5, 0.6) is 0 Å². The lowest BCUT2D eigenvalue weighted by molar-refractivity contribution is -0.0241. The fraction of sp³-hybridized carbons (Fsp3) is 0.200. The number of amides is 3. The molecule has 0 radical (unpaired) electrons. The first-order valence-corrected chi connectivity index (χ1v) is 10.6. The van der Waals surface area contributed by atoms with Crippen LogP contribution in [0.25, 0.3) is 0 Å². The van der Waals surface area contributed by atoms with E-state index in [-0.39, 0.29) is 36.7 Å². The molecule has 2 N–H and O–H groups in total. The Morgan fingerprint density at radius 1 is 1.00 bits per heavy atom. The van der Waals surface area contributed by atoms with Gasteiger partial charge in [0.15, 0.2) is 0 Å². The van der Waals surface area contributed by atoms with Gasteiger partial charge in [0.2, 0.25) is 0 Å². The van der Waals surface area contributed by atoms with Gasteiger partial charge in [0.25, 0.3) is 5.91 Å². The fourth-order valence-electron chi connectivity index (χ4n) is 4.86. The van der Waals surface area contributed by atoms with Crippen molar-refractivity contribution >= 4 is 23.3 Å². The zero-order valence-corrected chi connectivity index (χ0v) is 17.5. The second-order valence-corrected chi connectivity index (χ2v) is 8.15. The molecule has 0 aromatic heterocycles. The lowest BCUT2D eigenvalue weighted by atomic mass is 9.71. The highest BCUT2D eigenvalue weighted by atomic mass is 19.1. The van der Waals surface area contributed by atoms with E-state index in [4.69, 9.17) is 0 Å². The number of benzene rings is 3. The van der Waals surface area contributed by atoms with Crippen LogP contribution in [0.15, 0.2) is 72.8 Å². The van der Waals surface area contributed by atoms with Gasteiger partial charge in [0.1, 0.15) is 11.6 Å². The van der Waals surface area contributed by atoms with Crippen LogP contribution < -0.4 is 10.2 Å². The summed E-state index contributed by atoms with van der Waals surface area (Å²) in [4.78, 5) is 29.4. The molecule has 3 atom stereocenters. The highest BCUT2D eigenvalue weighted by Crippen LogP contribution is 2.48. The molecule has 0 spiro atoms. The number of halogens is 2. The third kappa shape index (κ3) is 3.52. The zero-order chi connectivity index (χ0) is 23.1. The molecule has 33 heavy (non-hydrogen) atoms. The standard InChI is InChI=1S/C25H21F2N3O3/c26-16-10-11-18(27)19(12-16)28-25(33)29-13-21-23(17-8-4-5-9-20(17)29)22(14-31)30(21)24(32)15-6-2-1-3-7-15/h1-12,21-23,31H,13-14H2,(H,28,33)/t21-,22+,23+/m1/s1. The van der Waals surface area contributed by atoms with Crippen LogP contribution >= 0.6 is 0 Å². The van der Waals surface area contributed by atoms with Crippen LogP contribution in [-0.4, -0.2) is 47.2 Å². The lowest BCUT2D eigenvalue weighted by Crippen LogP contribution is -2.71. The van der Waals surface area contributed by atoms with Crippen LogP contribution in [0.4, 0.5) is 25.0 Å². The van der Waals surface area contributed by atoms with Crippen LogP contribution in [0.3, 0.4) is 0 Å². The van der Waals surface area contributed by atoms with Crippen molar-refractivity contribution in [3.05, 3.63) is 95.6 Å². The molecule has 3 aromatic rings. The summed E-state index contributed by atoms with van der Waals surface area (Å²) in [5, 5.41) is 12.5. The first-order chi connectivity index (χ1) is 16.0. The minimum absolute atomic E-state index is 0.145. The van der Waals surface area contributed by atoms with Gasteiger partial charge < -0.3 is 15.3 Å². The smallest absolute Gasteiger partial charge is 0.326 e. The van der Waals surface area contributed by atoms with Crippen molar-refractivity contribution in [3.63, 3.8) is 0 Å². The number of aliphatic hydroxyl groups excluding tert-OH is 1. The molecule has 2 aliphatic heterocycles. The second-order valence-electron chi connectivity index (χ2n) is 8.15. The van der Waals surface area contributed by atoms with Crippen LogP contribution in [0.1, 0.15) is 21.8 Å². The van der Waals surface area contributed by atoms with Crippen molar-refractivity contribution in [2.75, 3.05) is 23.4 Å². The Balaban J connectivity index is 1.48. The summed E-state index contributed by atoms with van der Waals surface area (Å²) in [5.41, 5.74) is 1.66. The van der Waals surface area contributed by atoms with Crippen molar-refractivity contribution in [1.29, 1.82) is 0 Å². The molecule has 6 nitrogen and oxygen atoms in total. The summed E-state index contributed by atoms with van der Waals surface area (Å²) in [5.74, 6) is -1.80. The van der Waals surface area contributed by atoms with E-state index in [0.29, 0.717) is 11.3 Å². The van der Waals surface area contributed by atoms with Gasteiger partial charge in [0, 0.05) is 29.8 Å². The number of hydrogen-bond acceptors (Lipinski definition) is 3. The Labute approximate surface area is 189 Å². The maximum absolute atomic E-state index is 14.1. The monoisotopic (exact) mass is 449 g/mol. The van der Waals surface area contributed by atoms with Crippen molar-refractivity contribution in [2.24, 2.45) is 0 Å². The number of carbonyl (C=O) groups is 2. The number of urea groups is 1. The van der Waals surface area contributed by atoms with E-state index >= 15 is 0 Å². The number of hydrogen-bond donors (Lipinski definition) is 2. The second kappa shape index (κ2) is 8.29. The quantitative estimate of drug-likeness (QED) is 0.635. The van der Waals surface area contributed by atoms with E-state index in [1.165, 1.54) is 4.90 Å². The van der Waals surface area contributed by atoms with Crippen LogP contribution in [0.2, 0.25) is 0 Å². The number of aliphatic hydroxyl groups is 1. The van der Waals surface area contributed by atoms with Crippen LogP contribution in [-0.2, 0) is 0 Å². The van der Waals surface area contributed by atoms with Gasteiger partial charge >= 0.3 is 6.03 Å². The first-order valence-electron chi connectivity index (χ1n) is 10.6. The molecule has 3 aromatic carbocycles. The number of likely N-dealkylation sites (tertiary alicyclic amines) is 1. The number of carbonyl (C=O) groups excluding carboxylic acids is 2. The normalized spacial score (nSPS) is 21.0. The summed E-state index contributed by atoms with van der Waals surface area (Å²) < 4.78 is 27.7. The third-order valence-electron chi connectivity index (χ3n) is 6.36. The Morgan fingerprint density at radius 3 is 2.48 bits per heavy atom. The molecule has 1 saturated heterocycles. The largest absolute Gasteiger partial charge is 0.394 e. The van der Waals surface area contributed by atoms with Crippen molar-refractivity contribution in [3.8, 4) is 0 Å². The van der Waals surface area contributed by atoms with Gasteiger partial charge in [-0.15, -0.1) is 0 Å². The zero-order valence-electron chi connectivity index (χ0n) is 17.5. The van der Waals surface area contributed by atoms with E-state index in [9.17, 15) is 23.5 Å². The summed E-state index contributed by atoms with van der Waals surface area (Å²) in [6.45, 7) is -0.0612. The highest BCUT2D eigenvalue weighted by Gasteiger charge is 2.55. The minimum atomic E-state index is -0.752. The Bertz CT molecular complexity index is 1220. The van der Waals surface area contributed by atoms with Gasteiger partial charge in [0.05, 0.1) is 24.4 Å².